The van der Waals surface area contributed by atoms with E-state index in [1.165, 1.54) is 0 Å². The maximum Gasteiger partial charge on any atom is 0.0924 e. The van der Waals surface area contributed by atoms with Crippen LogP contribution in [-0.4, -0.2) is 9.97 Å². The zero-order valence-electron chi connectivity index (χ0n) is 11.1. The maximum atomic E-state index is 6.21. The summed E-state index contributed by atoms with van der Waals surface area (Å²) in [6, 6.07) is 14.1. The number of nitrogens with zero attached hydrogens (tertiary/aromatic N) is 1. The number of hydrogen-bond donors (Lipinski definition) is 2. The largest absolute Gasteiger partial charge is 0.381 e. The lowest BCUT2D eigenvalue weighted by Gasteiger charge is -2.09. The molecule has 0 unspecified atom stereocenters. The average Bonchev–Trinajstić information content (AvgIpc) is 3.01. The fourth-order valence-electron chi connectivity index (χ4n) is 2.04. The second-order valence-electron chi connectivity index (χ2n) is 4.63. The second kappa shape index (κ2) is 6.33. The molecule has 3 nitrogen and oxygen atoms in total. The lowest BCUT2D eigenvalue weighted by Crippen LogP contribution is -1.99. The van der Waals surface area contributed by atoms with Crippen LogP contribution in [0.15, 0.2) is 59.5 Å². The number of nitrogens with one attached hydrogen (secondary N) is 2. The van der Waals surface area contributed by atoms with Crippen molar-refractivity contribution in [3.8, 4) is 11.3 Å². The smallest absolute Gasteiger partial charge is 0.0924 e. The minimum Gasteiger partial charge on any atom is -0.381 e. The van der Waals surface area contributed by atoms with Gasteiger partial charge in [-0.15, -0.1) is 0 Å². The number of hydrogen-bond acceptors (Lipinski definition) is 2. The zero-order valence-corrected chi connectivity index (χ0v) is 13.4. The normalized spacial score (nSPS) is 10.6. The molecule has 0 amide bonds. The van der Waals surface area contributed by atoms with E-state index in [1.54, 1.807) is 6.33 Å². The van der Waals surface area contributed by atoms with Gasteiger partial charge < -0.3 is 10.3 Å². The molecule has 0 saturated heterocycles. The third-order valence-electron chi connectivity index (χ3n) is 3.19. The minimum atomic E-state index is 0.690. The molecule has 0 fully saturated rings. The van der Waals surface area contributed by atoms with Crippen molar-refractivity contribution in [3.05, 3.63) is 70.0 Å². The molecule has 0 spiro atoms. The van der Waals surface area contributed by atoms with E-state index < -0.39 is 0 Å². The van der Waals surface area contributed by atoms with Crippen LogP contribution in [0, 0.1) is 0 Å². The minimum absolute atomic E-state index is 0.690. The molecule has 5 heteroatoms. The predicted molar refractivity (Wildman–Crippen MR) is 90.5 cm³/mol. The van der Waals surface area contributed by atoms with Crippen molar-refractivity contribution in [2.24, 2.45) is 0 Å². The summed E-state index contributed by atoms with van der Waals surface area (Å²) in [6.45, 7) is 0.690. The molecule has 0 saturated carbocycles. The van der Waals surface area contributed by atoms with Gasteiger partial charge >= 0.3 is 0 Å². The number of imidazole rings is 1. The standard InChI is InChI=1S/C16H13BrClN3/c17-13-4-1-12(15(18)7-13)8-20-14-5-2-11(3-6-14)16-9-19-10-21-16/h1-7,9-10,20H,8H2,(H,19,21). The highest BCUT2D eigenvalue weighted by Gasteiger charge is 2.02. The Hall–Kier alpha value is -1.78. The molecular weight excluding hydrogens is 350 g/mol. The van der Waals surface area contributed by atoms with Crippen molar-refractivity contribution in [2.75, 3.05) is 5.32 Å². The Kier molecular flexibility index (Phi) is 4.27. The lowest BCUT2D eigenvalue weighted by atomic mass is 10.1. The SMILES string of the molecule is Clc1cc(Br)ccc1CNc1ccc(-c2cnc[nH]2)cc1. The van der Waals surface area contributed by atoms with Crippen molar-refractivity contribution < 1.29 is 0 Å². The summed E-state index contributed by atoms with van der Waals surface area (Å²) in [6.07, 6.45) is 3.49. The summed E-state index contributed by atoms with van der Waals surface area (Å²) in [7, 11) is 0. The molecule has 3 rings (SSSR count). The summed E-state index contributed by atoms with van der Waals surface area (Å²) in [5, 5.41) is 4.12. The first-order valence-electron chi connectivity index (χ1n) is 6.49. The highest BCUT2D eigenvalue weighted by molar-refractivity contribution is 9.10. The molecule has 1 heterocycles. The van der Waals surface area contributed by atoms with Crippen molar-refractivity contribution in [3.63, 3.8) is 0 Å². The fourth-order valence-corrected chi connectivity index (χ4v) is 2.78. The van der Waals surface area contributed by atoms with Crippen LogP contribution in [0.2, 0.25) is 5.02 Å². The number of halogens is 2. The van der Waals surface area contributed by atoms with Gasteiger partial charge in [0.05, 0.1) is 18.2 Å². The quantitative estimate of drug-likeness (QED) is 0.677. The van der Waals surface area contributed by atoms with Gasteiger partial charge in [0.2, 0.25) is 0 Å². The van der Waals surface area contributed by atoms with Gasteiger partial charge in [-0.2, -0.15) is 0 Å². The molecule has 1 aromatic heterocycles. The number of aromatic nitrogens is 2. The van der Waals surface area contributed by atoms with Crippen molar-refractivity contribution in [1.82, 2.24) is 9.97 Å². The molecule has 2 aromatic carbocycles. The first-order chi connectivity index (χ1) is 10.2. The number of H-pyrrole nitrogens is 1. The summed E-state index contributed by atoms with van der Waals surface area (Å²) >= 11 is 9.61. The molecule has 0 aliphatic heterocycles. The van der Waals surface area contributed by atoms with E-state index in [2.05, 4.69) is 43.3 Å². The van der Waals surface area contributed by atoms with E-state index in [9.17, 15) is 0 Å². The Bertz CT molecular complexity index is 724. The molecule has 2 N–H and O–H groups in total. The number of benzene rings is 2. The molecular formula is C16H13BrClN3. The van der Waals surface area contributed by atoms with Crippen molar-refractivity contribution in [2.45, 2.75) is 6.54 Å². The Morgan fingerprint density at radius 2 is 1.95 bits per heavy atom. The van der Waals surface area contributed by atoms with Gasteiger partial charge in [0.15, 0.2) is 0 Å². The Morgan fingerprint density at radius 3 is 2.62 bits per heavy atom. The van der Waals surface area contributed by atoms with E-state index in [-0.39, 0.29) is 0 Å². The first-order valence-corrected chi connectivity index (χ1v) is 7.66. The van der Waals surface area contributed by atoms with Gasteiger partial charge in [0.1, 0.15) is 0 Å². The Balaban J connectivity index is 1.68. The van der Waals surface area contributed by atoms with Crippen molar-refractivity contribution >= 4 is 33.2 Å². The van der Waals surface area contributed by atoms with E-state index in [0.717, 1.165) is 32.0 Å². The van der Waals surface area contributed by atoms with Crippen LogP contribution >= 0.6 is 27.5 Å². The van der Waals surface area contributed by atoms with Crippen LogP contribution in [0.4, 0.5) is 5.69 Å². The maximum absolute atomic E-state index is 6.21. The summed E-state index contributed by atoms with van der Waals surface area (Å²) in [5.74, 6) is 0. The van der Waals surface area contributed by atoms with E-state index in [1.807, 2.05) is 36.5 Å². The molecule has 0 atom stereocenters. The van der Waals surface area contributed by atoms with Gasteiger partial charge in [-0.1, -0.05) is 45.7 Å². The first kappa shape index (κ1) is 14.2. The number of rotatable bonds is 4. The molecule has 0 bridgehead atoms. The summed E-state index contributed by atoms with van der Waals surface area (Å²) < 4.78 is 0.986. The predicted octanol–water partition coefficient (Wildman–Crippen LogP) is 5.10. The van der Waals surface area contributed by atoms with Crippen LogP contribution < -0.4 is 5.32 Å². The molecule has 0 aliphatic carbocycles. The number of aromatic amines is 1. The zero-order chi connectivity index (χ0) is 14.7. The molecule has 3 aromatic rings. The third kappa shape index (κ3) is 3.46. The third-order valence-corrected chi connectivity index (χ3v) is 4.04. The fraction of sp³-hybridized carbons (Fsp3) is 0.0625. The summed E-state index contributed by atoms with van der Waals surface area (Å²) in [5.41, 5.74) is 4.24. The van der Waals surface area contributed by atoms with Crippen LogP contribution in [0.3, 0.4) is 0 Å². The monoisotopic (exact) mass is 361 g/mol. The highest BCUT2D eigenvalue weighted by atomic mass is 79.9. The van der Waals surface area contributed by atoms with E-state index in [0.29, 0.717) is 6.54 Å². The van der Waals surface area contributed by atoms with Crippen LogP contribution in [0.25, 0.3) is 11.3 Å². The van der Waals surface area contributed by atoms with E-state index >= 15 is 0 Å². The van der Waals surface area contributed by atoms with Gasteiger partial charge in [0.25, 0.3) is 0 Å². The number of anilines is 1. The topological polar surface area (TPSA) is 40.7 Å². The Labute approximate surface area is 136 Å². The molecule has 0 aliphatic rings. The van der Waals surface area contributed by atoms with E-state index in [4.69, 9.17) is 11.6 Å². The van der Waals surface area contributed by atoms with Gasteiger partial charge in [0, 0.05) is 21.7 Å². The van der Waals surface area contributed by atoms with Gasteiger partial charge in [-0.3, -0.25) is 0 Å². The van der Waals surface area contributed by atoms with Crippen LogP contribution in [0.1, 0.15) is 5.56 Å². The van der Waals surface area contributed by atoms with Crippen LogP contribution in [-0.2, 0) is 6.54 Å². The van der Waals surface area contributed by atoms with Crippen LogP contribution in [0.5, 0.6) is 0 Å². The average molecular weight is 363 g/mol. The molecule has 106 valence electrons. The lowest BCUT2D eigenvalue weighted by molar-refractivity contribution is 1.15. The van der Waals surface area contributed by atoms with Gasteiger partial charge in [-0.05, 0) is 35.4 Å². The summed E-state index contributed by atoms with van der Waals surface area (Å²) in [4.78, 5) is 7.11. The second-order valence-corrected chi connectivity index (χ2v) is 5.95. The molecule has 0 radical (unpaired) electrons. The Morgan fingerprint density at radius 1 is 1.14 bits per heavy atom. The molecule has 21 heavy (non-hydrogen) atoms. The highest BCUT2D eigenvalue weighted by Crippen LogP contribution is 2.23. The van der Waals surface area contributed by atoms with Crippen molar-refractivity contribution in [1.29, 1.82) is 0 Å². The van der Waals surface area contributed by atoms with Gasteiger partial charge in [-0.25, -0.2) is 4.98 Å².